The van der Waals surface area contributed by atoms with E-state index in [0.717, 1.165) is 30.7 Å². The Kier molecular flexibility index (Phi) is 6.99. The average molecular weight is 656 g/mol. The molecule has 234 valence electrons. The quantitative estimate of drug-likeness (QED) is 0.306. The van der Waals surface area contributed by atoms with Crippen molar-refractivity contribution in [2.45, 2.75) is 43.1 Å². The SMILES string of the molecule is N#Cc1c(N)sc2c(F)ccc(-c3c(Cl)cc4c(N5C6CNCC5COC6)nc(OC[C@@]56CCCN5C[C@H](F)C6)nc4c3F)c12. The molecule has 4 aliphatic heterocycles. The Balaban J connectivity index is 1.31. The van der Waals surface area contributed by atoms with Crippen molar-refractivity contribution in [1.29, 1.82) is 5.26 Å². The van der Waals surface area contributed by atoms with Gasteiger partial charge < -0.3 is 25.4 Å². The number of ether oxygens (including phenoxy) is 2. The summed E-state index contributed by atoms with van der Waals surface area (Å²) >= 11 is 7.78. The van der Waals surface area contributed by atoms with Gasteiger partial charge in [0.15, 0.2) is 5.82 Å². The molecule has 2 aromatic carbocycles. The number of hydrogen-bond acceptors (Lipinski definition) is 10. The molecular weight excluding hydrogens is 627 g/mol. The Morgan fingerprint density at radius 1 is 1.24 bits per heavy atom. The van der Waals surface area contributed by atoms with Gasteiger partial charge in [-0.15, -0.1) is 11.3 Å². The number of fused-ring (bicyclic) bond motifs is 5. The molecule has 45 heavy (non-hydrogen) atoms. The summed E-state index contributed by atoms with van der Waals surface area (Å²) in [7, 11) is 0. The molecule has 9 nitrogen and oxygen atoms in total. The van der Waals surface area contributed by atoms with Crippen molar-refractivity contribution in [1.82, 2.24) is 20.2 Å². The largest absolute Gasteiger partial charge is 0.461 e. The first kappa shape index (κ1) is 29.0. The van der Waals surface area contributed by atoms with E-state index in [1.807, 2.05) is 6.07 Å². The van der Waals surface area contributed by atoms with Crippen LogP contribution < -0.4 is 20.7 Å². The molecule has 2 unspecified atom stereocenters. The summed E-state index contributed by atoms with van der Waals surface area (Å²) in [6.45, 7) is 3.56. The zero-order valence-electron chi connectivity index (χ0n) is 24.1. The molecule has 4 saturated heterocycles. The van der Waals surface area contributed by atoms with Crippen molar-refractivity contribution in [2.75, 3.05) is 56.6 Å². The van der Waals surface area contributed by atoms with E-state index in [9.17, 15) is 14.0 Å². The highest BCUT2D eigenvalue weighted by Gasteiger charge is 2.49. The number of morpholine rings is 1. The number of hydrogen-bond donors (Lipinski definition) is 2. The van der Waals surface area contributed by atoms with Crippen LogP contribution in [0.4, 0.5) is 24.0 Å². The van der Waals surface area contributed by atoms with Gasteiger partial charge in [0.25, 0.3) is 0 Å². The molecule has 8 rings (SSSR count). The fourth-order valence-electron chi connectivity index (χ4n) is 7.70. The van der Waals surface area contributed by atoms with Crippen LogP contribution in [0.15, 0.2) is 18.2 Å². The van der Waals surface area contributed by atoms with Crippen LogP contribution >= 0.6 is 22.9 Å². The van der Waals surface area contributed by atoms with Crippen LogP contribution in [-0.2, 0) is 4.74 Å². The molecule has 4 aromatic rings. The maximum Gasteiger partial charge on any atom is 0.319 e. The zero-order chi connectivity index (χ0) is 31.0. The smallest absolute Gasteiger partial charge is 0.319 e. The lowest BCUT2D eigenvalue weighted by Crippen LogP contribution is -2.64. The fourth-order valence-corrected chi connectivity index (χ4v) is 8.94. The molecule has 0 amide bonds. The number of thiophene rings is 1. The normalized spacial score (nSPS) is 26.5. The Labute approximate surface area is 265 Å². The minimum Gasteiger partial charge on any atom is -0.461 e. The van der Waals surface area contributed by atoms with Crippen molar-refractivity contribution in [3.63, 3.8) is 0 Å². The lowest BCUT2D eigenvalue weighted by molar-refractivity contribution is 0.0522. The van der Waals surface area contributed by atoms with E-state index in [0.29, 0.717) is 50.5 Å². The number of alkyl halides is 1. The van der Waals surface area contributed by atoms with Crippen molar-refractivity contribution in [2.24, 2.45) is 0 Å². The fraction of sp³-hybridized carbons (Fsp3) is 0.452. The molecule has 14 heteroatoms. The molecule has 3 N–H and O–H groups in total. The second-order valence-electron chi connectivity index (χ2n) is 12.3. The van der Waals surface area contributed by atoms with Gasteiger partial charge in [0, 0.05) is 42.4 Å². The van der Waals surface area contributed by atoms with E-state index < -0.39 is 23.3 Å². The van der Waals surface area contributed by atoms with Crippen molar-refractivity contribution >= 4 is 54.7 Å². The molecule has 0 spiro atoms. The third kappa shape index (κ3) is 4.52. The topological polar surface area (TPSA) is 113 Å². The van der Waals surface area contributed by atoms with Crippen LogP contribution in [0.5, 0.6) is 6.01 Å². The summed E-state index contributed by atoms with van der Waals surface area (Å²) in [6.07, 6.45) is 1.19. The highest BCUT2D eigenvalue weighted by molar-refractivity contribution is 7.23. The van der Waals surface area contributed by atoms with E-state index in [1.165, 1.54) is 12.1 Å². The van der Waals surface area contributed by atoms with E-state index >= 15 is 4.39 Å². The zero-order valence-corrected chi connectivity index (χ0v) is 25.7. The molecule has 2 aromatic heterocycles. The molecule has 4 fully saturated rings. The van der Waals surface area contributed by atoms with Gasteiger partial charge in [-0.1, -0.05) is 17.7 Å². The molecule has 4 aliphatic rings. The van der Waals surface area contributed by atoms with Gasteiger partial charge in [-0.25, -0.2) is 13.2 Å². The third-order valence-corrected chi connectivity index (χ3v) is 11.0. The lowest BCUT2D eigenvalue weighted by atomic mass is 9.95. The van der Waals surface area contributed by atoms with Gasteiger partial charge in [-0.2, -0.15) is 15.2 Å². The molecule has 0 saturated carbocycles. The summed E-state index contributed by atoms with van der Waals surface area (Å²) in [5, 5.41) is 14.0. The van der Waals surface area contributed by atoms with Crippen molar-refractivity contribution in [3.8, 4) is 23.2 Å². The molecule has 2 bridgehead atoms. The summed E-state index contributed by atoms with van der Waals surface area (Å²) in [4.78, 5) is 13.7. The Morgan fingerprint density at radius 2 is 2.04 bits per heavy atom. The molecular formula is C31H29ClF3N7O2S. The van der Waals surface area contributed by atoms with Gasteiger partial charge >= 0.3 is 6.01 Å². The molecule has 6 heterocycles. The van der Waals surface area contributed by atoms with Gasteiger partial charge in [-0.3, -0.25) is 4.90 Å². The minimum absolute atomic E-state index is 0.0209. The number of halogens is 4. The van der Waals surface area contributed by atoms with Crippen LogP contribution in [0.25, 0.3) is 32.1 Å². The number of benzene rings is 2. The predicted octanol–water partition coefficient (Wildman–Crippen LogP) is 5.03. The number of rotatable bonds is 5. The van der Waals surface area contributed by atoms with E-state index in [-0.39, 0.29) is 67.0 Å². The van der Waals surface area contributed by atoms with Crippen LogP contribution in [0.1, 0.15) is 24.8 Å². The first-order valence-corrected chi connectivity index (χ1v) is 16.2. The highest BCUT2D eigenvalue weighted by atomic mass is 35.5. The second kappa shape index (κ2) is 10.8. The Morgan fingerprint density at radius 3 is 2.82 bits per heavy atom. The second-order valence-corrected chi connectivity index (χ2v) is 13.8. The summed E-state index contributed by atoms with van der Waals surface area (Å²) in [5.74, 6) is -0.853. The van der Waals surface area contributed by atoms with Gasteiger partial charge in [-0.05, 0) is 37.1 Å². The van der Waals surface area contributed by atoms with E-state index in [4.69, 9.17) is 31.8 Å². The number of nitrogens with one attached hydrogen (secondary N) is 1. The number of nitrogens with two attached hydrogens (primary N) is 1. The summed E-state index contributed by atoms with van der Waals surface area (Å²) < 4.78 is 58.5. The first-order valence-electron chi connectivity index (χ1n) is 15.0. The number of nitrogen functional groups attached to an aromatic ring is 1. The molecule has 0 aliphatic carbocycles. The minimum atomic E-state index is -0.929. The molecule has 0 radical (unpaired) electrons. The van der Waals surface area contributed by atoms with Crippen molar-refractivity contribution in [3.05, 3.63) is 40.4 Å². The summed E-state index contributed by atoms with van der Waals surface area (Å²) in [6, 6.07) is 6.10. The molecule has 4 atom stereocenters. The van der Waals surface area contributed by atoms with Crippen LogP contribution in [-0.4, -0.2) is 84.7 Å². The number of nitriles is 1. The number of aromatic nitrogens is 2. The lowest BCUT2D eigenvalue weighted by Gasteiger charge is -2.47. The van der Waals surface area contributed by atoms with E-state index in [1.54, 1.807) is 6.07 Å². The number of piperazine rings is 1. The van der Waals surface area contributed by atoms with Crippen LogP contribution in [0, 0.1) is 23.0 Å². The van der Waals surface area contributed by atoms with Crippen LogP contribution in [0.2, 0.25) is 5.02 Å². The maximum absolute atomic E-state index is 17.0. The van der Waals surface area contributed by atoms with Gasteiger partial charge in [0.1, 0.15) is 41.0 Å². The highest BCUT2D eigenvalue weighted by Crippen LogP contribution is 2.46. The third-order valence-electron chi connectivity index (χ3n) is 9.68. The predicted molar refractivity (Wildman–Crippen MR) is 167 cm³/mol. The Hall–Kier alpha value is -3.41. The van der Waals surface area contributed by atoms with Gasteiger partial charge in [0.05, 0.1) is 46.1 Å². The summed E-state index contributed by atoms with van der Waals surface area (Å²) in [5.41, 5.74) is 5.85. The Bertz CT molecular complexity index is 1880. The number of anilines is 2. The average Bonchev–Trinajstić information content (AvgIpc) is 3.66. The van der Waals surface area contributed by atoms with Gasteiger partial charge in [0.2, 0.25) is 0 Å². The standard InChI is InChI=1S/C31H29ClF3N7O2S/c32-21-6-19-26(25(35)24(21)18-2-3-22(34)27-23(18)20(8-36)28(37)45-27)39-30(44-14-31-4-1-5-41(31)11-15(33)7-31)40-29(19)42-16-9-38-10-17(42)13-43-12-16/h2-3,6,15-17,38H,1,4-5,7,9-14,37H2/t15-,16?,17?,31+/m1/s1. The van der Waals surface area contributed by atoms with Crippen LogP contribution in [0.3, 0.4) is 0 Å². The first-order chi connectivity index (χ1) is 21.8. The maximum atomic E-state index is 17.0. The van der Waals surface area contributed by atoms with Crippen molar-refractivity contribution < 1.29 is 22.6 Å². The van der Waals surface area contributed by atoms with E-state index in [2.05, 4.69) is 20.1 Å². The number of nitrogens with zero attached hydrogens (tertiary/aromatic N) is 5. The monoisotopic (exact) mass is 655 g/mol.